The number of rotatable bonds is 67. The maximum absolute atomic E-state index is 12.6. The van der Waals surface area contributed by atoms with E-state index >= 15 is 0 Å². The molecule has 0 bridgehead atoms. The molecule has 0 spiro atoms. The normalized spacial score (nSPS) is 13.1. The van der Waals surface area contributed by atoms with Crippen LogP contribution in [0.25, 0.3) is 0 Å². The van der Waals surface area contributed by atoms with Crippen molar-refractivity contribution in [2.45, 2.75) is 398 Å². The Labute approximate surface area is 501 Å². The van der Waals surface area contributed by atoms with Gasteiger partial charge in [0, 0.05) is 6.42 Å². The minimum Gasteiger partial charge on any atom is -0.394 e. The molecule has 0 aliphatic heterocycles. The number of carbonyl (C=O) groups is 1. The Morgan fingerprint density at radius 2 is 0.550 bits per heavy atom. The summed E-state index contributed by atoms with van der Waals surface area (Å²) in [4.78, 5) is 12.6. The van der Waals surface area contributed by atoms with Crippen LogP contribution in [0.2, 0.25) is 0 Å². The number of nitrogens with one attached hydrogen (secondary N) is 1. The van der Waals surface area contributed by atoms with Crippen molar-refractivity contribution >= 4 is 5.91 Å². The Hall–Kier alpha value is -2.17. The molecular weight excluding hydrogens is 975 g/mol. The Morgan fingerprint density at radius 1 is 0.312 bits per heavy atom. The lowest BCUT2D eigenvalue weighted by molar-refractivity contribution is -0.123. The Kier molecular flexibility index (Phi) is 69.2. The summed E-state index contributed by atoms with van der Waals surface area (Å²) in [6, 6.07) is -0.540. The second-order valence-corrected chi connectivity index (χ2v) is 24.6. The molecule has 0 rings (SSSR count). The van der Waals surface area contributed by atoms with Gasteiger partial charge in [0.05, 0.1) is 18.8 Å². The number of hydrogen-bond acceptors (Lipinski definition) is 3. The first-order chi connectivity index (χ1) is 39.7. The van der Waals surface area contributed by atoms with Crippen molar-refractivity contribution < 1.29 is 15.0 Å². The van der Waals surface area contributed by atoms with Crippen LogP contribution in [0, 0.1) is 0 Å². The van der Waals surface area contributed by atoms with Gasteiger partial charge < -0.3 is 15.5 Å². The zero-order valence-corrected chi connectivity index (χ0v) is 54.1. The molecule has 0 radical (unpaired) electrons. The molecule has 2 atom stereocenters. The lowest BCUT2D eigenvalue weighted by Gasteiger charge is -2.22. The summed E-state index contributed by atoms with van der Waals surface area (Å²) in [5.41, 5.74) is 0. The Morgan fingerprint density at radius 3 is 0.825 bits per heavy atom. The molecule has 4 heteroatoms. The van der Waals surface area contributed by atoms with E-state index in [4.69, 9.17) is 0 Å². The van der Waals surface area contributed by atoms with E-state index in [0.717, 1.165) is 64.2 Å². The smallest absolute Gasteiger partial charge is 0.220 e. The monoisotopic (exact) mass is 1120 g/mol. The largest absolute Gasteiger partial charge is 0.394 e. The van der Waals surface area contributed by atoms with Crippen molar-refractivity contribution in [1.82, 2.24) is 5.32 Å². The van der Waals surface area contributed by atoms with Crippen molar-refractivity contribution in [1.29, 1.82) is 0 Å². The van der Waals surface area contributed by atoms with Gasteiger partial charge in [0.2, 0.25) is 5.91 Å². The van der Waals surface area contributed by atoms with Gasteiger partial charge in [0.1, 0.15) is 0 Å². The van der Waals surface area contributed by atoms with Gasteiger partial charge in [-0.3, -0.25) is 4.79 Å². The van der Waals surface area contributed by atoms with Crippen molar-refractivity contribution in [3.8, 4) is 0 Å². The van der Waals surface area contributed by atoms with Crippen LogP contribution < -0.4 is 5.32 Å². The second-order valence-electron chi connectivity index (χ2n) is 24.6. The number of aliphatic hydroxyl groups is 2. The fourth-order valence-corrected chi connectivity index (χ4v) is 11.3. The van der Waals surface area contributed by atoms with Gasteiger partial charge in [-0.15, -0.1) is 0 Å². The third-order valence-electron chi connectivity index (χ3n) is 16.7. The van der Waals surface area contributed by atoms with Crippen molar-refractivity contribution in [2.75, 3.05) is 6.61 Å². The summed E-state index contributed by atoms with van der Waals surface area (Å²) in [6.45, 7) is 4.28. The fraction of sp³-hybridized carbons (Fsp3) is 0.829. The summed E-state index contributed by atoms with van der Waals surface area (Å²) in [5, 5.41) is 23.5. The topological polar surface area (TPSA) is 69.6 Å². The third-order valence-corrected chi connectivity index (χ3v) is 16.7. The highest BCUT2D eigenvalue weighted by atomic mass is 16.3. The van der Waals surface area contributed by atoms with E-state index in [1.807, 2.05) is 0 Å². The first-order valence-corrected chi connectivity index (χ1v) is 36.1. The zero-order valence-electron chi connectivity index (χ0n) is 54.1. The second kappa shape index (κ2) is 71.1. The van der Waals surface area contributed by atoms with Gasteiger partial charge >= 0.3 is 0 Å². The van der Waals surface area contributed by atoms with Crippen molar-refractivity contribution in [3.63, 3.8) is 0 Å². The first-order valence-electron chi connectivity index (χ1n) is 36.1. The van der Waals surface area contributed by atoms with E-state index in [9.17, 15) is 15.0 Å². The summed E-state index contributed by atoms with van der Waals surface area (Å²) in [5.74, 6) is -0.0256. The molecule has 0 saturated carbocycles. The van der Waals surface area contributed by atoms with Crippen LogP contribution in [-0.2, 0) is 4.79 Å². The van der Waals surface area contributed by atoms with E-state index < -0.39 is 12.1 Å². The van der Waals surface area contributed by atoms with Crippen LogP contribution in [0.4, 0.5) is 0 Å². The number of allylic oxidation sites excluding steroid dienone is 12. The molecule has 4 nitrogen and oxygen atoms in total. The zero-order chi connectivity index (χ0) is 57.6. The number of unbranched alkanes of at least 4 members (excludes halogenated alkanes) is 48. The molecule has 1 amide bonds. The van der Waals surface area contributed by atoms with Crippen molar-refractivity contribution in [2.24, 2.45) is 0 Å². The summed E-state index contributed by atoms with van der Waals surface area (Å²) >= 11 is 0. The van der Waals surface area contributed by atoms with Crippen LogP contribution in [-0.4, -0.2) is 34.9 Å². The van der Waals surface area contributed by atoms with Crippen LogP contribution >= 0.6 is 0 Å². The van der Waals surface area contributed by atoms with Crippen LogP contribution in [0.3, 0.4) is 0 Å². The van der Waals surface area contributed by atoms with E-state index in [1.165, 1.54) is 295 Å². The third kappa shape index (κ3) is 66.6. The molecule has 0 aromatic rings. The lowest BCUT2D eigenvalue weighted by atomic mass is 10.0. The minimum absolute atomic E-state index is 0.0256. The van der Waals surface area contributed by atoms with Gasteiger partial charge in [-0.1, -0.05) is 389 Å². The minimum atomic E-state index is -0.663. The highest BCUT2D eigenvalue weighted by Gasteiger charge is 2.20. The highest BCUT2D eigenvalue weighted by Crippen LogP contribution is 2.19. The standard InChI is InChI=1S/C76H141NO3/c1-3-5-7-9-11-13-15-17-19-21-23-25-27-29-31-33-35-36-37-38-39-40-42-44-46-48-50-52-54-56-58-60-62-64-66-68-70-72-76(80)77-74(73-78)75(79)71-69-67-65-63-61-59-57-55-53-51-49-47-45-43-41-34-32-30-28-26-24-22-20-18-16-14-12-10-8-6-4-2/h5,7,11,13,17,19,23,25,29,31,35-36,74-75,78-79H,3-4,6,8-10,12,14-16,18,20-22,24,26-28,30,32-34,37-73H2,1-2H3,(H,77,80)/b7-5-,13-11-,19-17-,25-23-,31-29-,36-35-. The van der Waals surface area contributed by atoms with Gasteiger partial charge in [-0.2, -0.15) is 0 Å². The van der Waals surface area contributed by atoms with Crippen LogP contribution in [0.1, 0.15) is 386 Å². The van der Waals surface area contributed by atoms with Gasteiger partial charge in [0.25, 0.3) is 0 Å². The first kappa shape index (κ1) is 77.8. The van der Waals surface area contributed by atoms with E-state index in [-0.39, 0.29) is 12.5 Å². The van der Waals surface area contributed by atoms with Crippen LogP contribution in [0.5, 0.6) is 0 Å². The molecule has 0 heterocycles. The Balaban J connectivity index is 3.41. The van der Waals surface area contributed by atoms with E-state index in [1.54, 1.807) is 0 Å². The quantitative estimate of drug-likeness (QED) is 0.0420. The SMILES string of the molecule is CC/C=C\C/C=C\C/C=C\C/C=C\C/C=C\C/C=C\CCCCCCCCCCCCCCCCCCCCC(=O)NC(CO)C(O)CCCCCCCCCCCCCCCCCCCCCCCCCCCCCCCCC. The lowest BCUT2D eigenvalue weighted by Crippen LogP contribution is -2.45. The molecule has 3 N–H and O–H groups in total. The molecule has 0 aliphatic rings. The summed E-state index contributed by atoms with van der Waals surface area (Å²) in [7, 11) is 0. The average Bonchev–Trinajstić information content (AvgIpc) is 3.46. The molecule has 0 fully saturated rings. The van der Waals surface area contributed by atoms with Gasteiger partial charge in [0.15, 0.2) is 0 Å². The predicted molar refractivity (Wildman–Crippen MR) is 359 cm³/mol. The van der Waals surface area contributed by atoms with Gasteiger partial charge in [-0.25, -0.2) is 0 Å². The molecular formula is C76H141NO3. The van der Waals surface area contributed by atoms with E-state index in [2.05, 4.69) is 92.1 Å². The molecule has 2 unspecified atom stereocenters. The molecule has 80 heavy (non-hydrogen) atoms. The van der Waals surface area contributed by atoms with Crippen molar-refractivity contribution in [3.05, 3.63) is 72.9 Å². The molecule has 0 aromatic heterocycles. The summed E-state index contributed by atoms with van der Waals surface area (Å²) < 4.78 is 0. The number of carbonyl (C=O) groups excluding carboxylic acids is 1. The molecule has 0 aromatic carbocycles. The average molecular weight is 1120 g/mol. The predicted octanol–water partition coefficient (Wildman–Crippen LogP) is 24.8. The van der Waals surface area contributed by atoms with Gasteiger partial charge in [-0.05, 0) is 64.2 Å². The number of aliphatic hydroxyl groups excluding tert-OH is 2. The Bertz CT molecular complexity index is 1360. The number of amides is 1. The summed E-state index contributed by atoms with van der Waals surface area (Å²) in [6.07, 6.45) is 103. The van der Waals surface area contributed by atoms with E-state index in [0.29, 0.717) is 12.8 Å². The molecule has 468 valence electrons. The molecule has 0 saturated heterocycles. The fourth-order valence-electron chi connectivity index (χ4n) is 11.3. The number of hydrogen-bond donors (Lipinski definition) is 3. The maximum atomic E-state index is 12.6. The highest BCUT2D eigenvalue weighted by molar-refractivity contribution is 5.76. The van der Waals surface area contributed by atoms with Crippen LogP contribution in [0.15, 0.2) is 72.9 Å². The maximum Gasteiger partial charge on any atom is 0.220 e. The molecule has 0 aliphatic carbocycles.